The predicted octanol–water partition coefficient (Wildman–Crippen LogP) is 1.85. The van der Waals surface area contributed by atoms with Crippen LogP contribution in [-0.2, 0) is 0 Å². The molecule has 0 heterocycles. The molecule has 0 fully saturated rings. The van der Waals surface area contributed by atoms with Gasteiger partial charge in [-0.1, -0.05) is 6.07 Å². The molecule has 0 N–H and O–H groups in total. The quantitative estimate of drug-likeness (QED) is 0.574. The van der Waals surface area contributed by atoms with Crippen LogP contribution < -0.4 is 4.74 Å². The number of hydrogen-bond acceptors (Lipinski definition) is 5. The minimum Gasteiger partial charge on any atom is -0.490 e. The van der Waals surface area contributed by atoms with E-state index in [1.165, 1.54) is 25.3 Å². The van der Waals surface area contributed by atoms with Gasteiger partial charge in [0.1, 0.15) is 0 Å². The van der Waals surface area contributed by atoms with Crippen LogP contribution >= 0.6 is 0 Å². The van der Waals surface area contributed by atoms with Crippen molar-refractivity contribution < 1.29 is 14.6 Å². The number of rotatable bonds is 4. The van der Waals surface area contributed by atoms with Crippen LogP contribution in [0, 0.1) is 20.2 Å². The smallest absolute Gasteiger partial charge is 0.318 e. The largest absolute Gasteiger partial charge is 0.490 e. The maximum Gasteiger partial charge on any atom is 0.318 e. The van der Waals surface area contributed by atoms with Crippen molar-refractivity contribution in [2.24, 2.45) is 0 Å². The first-order valence-corrected chi connectivity index (χ1v) is 4.19. The Morgan fingerprint density at radius 1 is 1.31 bits per heavy atom. The summed E-state index contributed by atoms with van der Waals surface area (Å²) < 4.78 is 4.81. The molecular weight excluding hydrogens is 216 g/mol. The Kier molecular flexibility index (Phi) is 3.54. The van der Waals surface area contributed by atoms with Crippen molar-refractivity contribution in [3.8, 4) is 5.75 Å². The van der Waals surface area contributed by atoms with E-state index in [-0.39, 0.29) is 17.0 Å². The summed E-state index contributed by atoms with van der Waals surface area (Å²) in [5, 5.41) is 20.9. The lowest BCUT2D eigenvalue weighted by molar-refractivity contribution is -0.401. The van der Waals surface area contributed by atoms with Gasteiger partial charge in [-0.15, -0.1) is 0 Å². The summed E-state index contributed by atoms with van der Waals surface area (Å²) in [6.45, 7) is 0. The van der Waals surface area contributed by atoms with E-state index in [0.717, 1.165) is 6.08 Å². The van der Waals surface area contributed by atoms with Crippen LogP contribution in [-0.4, -0.2) is 17.0 Å². The number of nitro benzene ring substituents is 1. The number of methoxy groups -OCH3 is 1. The Morgan fingerprint density at radius 3 is 2.50 bits per heavy atom. The predicted molar refractivity (Wildman–Crippen MR) is 55.7 cm³/mol. The van der Waals surface area contributed by atoms with Gasteiger partial charge in [-0.2, -0.15) is 0 Å². The van der Waals surface area contributed by atoms with E-state index < -0.39 is 9.85 Å². The van der Waals surface area contributed by atoms with Crippen LogP contribution in [0.1, 0.15) is 5.56 Å². The van der Waals surface area contributed by atoms with Gasteiger partial charge in [-0.05, 0) is 12.1 Å². The van der Waals surface area contributed by atoms with Crippen molar-refractivity contribution in [2.75, 3.05) is 7.11 Å². The van der Waals surface area contributed by atoms with Crippen LogP contribution in [0.3, 0.4) is 0 Å². The Balaban J connectivity index is 3.27. The maximum atomic E-state index is 10.8. The minimum atomic E-state index is -0.691. The summed E-state index contributed by atoms with van der Waals surface area (Å²) in [6, 6.07) is 4.34. The Morgan fingerprint density at radius 2 is 2.00 bits per heavy atom. The summed E-state index contributed by atoms with van der Waals surface area (Å²) in [4.78, 5) is 19.6. The summed E-state index contributed by atoms with van der Waals surface area (Å²) >= 11 is 0. The normalized spacial score (nSPS) is 10.3. The van der Waals surface area contributed by atoms with Gasteiger partial charge >= 0.3 is 5.69 Å². The lowest BCUT2D eigenvalue weighted by Gasteiger charge is -2.02. The van der Waals surface area contributed by atoms with Crippen molar-refractivity contribution in [3.63, 3.8) is 0 Å². The molecule has 1 aromatic carbocycles. The highest BCUT2D eigenvalue weighted by atomic mass is 16.6. The molecule has 16 heavy (non-hydrogen) atoms. The Labute approximate surface area is 90.3 Å². The molecule has 0 spiro atoms. The monoisotopic (exact) mass is 224 g/mol. The molecule has 0 atom stereocenters. The van der Waals surface area contributed by atoms with Crippen LogP contribution in [0.2, 0.25) is 0 Å². The fourth-order valence-corrected chi connectivity index (χ4v) is 1.18. The fourth-order valence-electron chi connectivity index (χ4n) is 1.18. The van der Waals surface area contributed by atoms with E-state index in [9.17, 15) is 20.2 Å². The number of ether oxygens (including phenoxy) is 1. The molecule has 7 heteroatoms. The molecule has 0 unspecified atom stereocenters. The third-order valence-corrected chi connectivity index (χ3v) is 1.81. The molecule has 0 aromatic heterocycles. The number of benzene rings is 1. The van der Waals surface area contributed by atoms with E-state index in [4.69, 9.17) is 4.74 Å². The van der Waals surface area contributed by atoms with Crippen molar-refractivity contribution in [1.29, 1.82) is 0 Å². The van der Waals surface area contributed by atoms with Crippen molar-refractivity contribution in [2.45, 2.75) is 0 Å². The molecule has 0 saturated carbocycles. The average molecular weight is 224 g/mol. The van der Waals surface area contributed by atoms with Gasteiger partial charge in [-0.3, -0.25) is 20.2 Å². The molecule has 7 nitrogen and oxygen atoms in total. The lowest BCUT2D eigenvalue weighted by Crippen LogP contribution is -1.96. The highest BCUT2D eigenvalue weighted by Gasteiger charge is 2.18. The maximum absolute atomic E-state index is 10.8. The average Bonchev–Trinajstić information content (AvgIpc) is 2.25. The van der Waals surface area contributed by atoms with Crippen LogP contribution in [0.15, 0.2) is 24.4 Å². The fraction of sp³-hybridized carbons (Fsp3) is 0.111. The third-order valence-electron chi connectivity index (χ3n) is 1.81. The summed E-state index contributed by atoms with van der Waals surface area (Å²) in [6.07, 6.45) is 1.70. The van der Waals surface area contributed by atoms with Crippen LogP contribution in [0.25, 0.3) is 6.08 Å². The van der Waals surface area contributed by atoms with Gasteiger partial charge in [-0.25, -0.2) is 0 Å². The third kappa shape index (κ3) is 2.53. The molecule has 0 bridgehead atoms. The second-order valence-corrected chi connectivity index (χ2v) is 2.76. The van der Waals surface area contributed by atoms with Crippen molar-refractivity contribution >= 4 is 11.8 Å². The van der Waals surface area contributed by atoms with E-state index in [1.54, 1.807) is 0 Å². The molecule has 0 aliphatic carbocycles. The minimum absolute atomic E-state index is 0.0653. The van der Waals surface area contributed by atoms with Gasteiger partial charge in [0.25, 0.3) is 0 Å². The molecule has 0 saturated heterocycles. The number of hydrogen-bond donors (Lipinski definition) is 0. The Bertz CT molecular complexity index is 455. The second-order valence-electron chi connectivity index (χ2n) is 2.76. The lowest BCUT2D eigenvalue weighted by atomic mass is 10.1. The van der Waals surface area contributed by atoms with Crippen molar-refractivity contribution in [1.82, 2.24) is 0 Å². The first-order valence-electron chi connectivity index (χ1n) is 4.19. The Hall–Kier alpha value is -2.44. The van der Waals surface area contributed by atoms with E-state index >= 15 is 0 Å². The summed E-state index contributed by atoms with van der Waals surface area (Å²) in [7, 11) is 1.29. The highest BCUT2D eigenvalue weighted by Crippen LogP contribution is 2.31. The van der Waals surface area contributed by atoms with Crippen molar-refractivity contribution in [3.05, 3.63) is 50.2 Å². The number of nitrogens with zero attached hydrogens (tertiary/aromatic N) is 2. The number of para-hydroxylation sites is 1. The zero-order valence-electron chi connectivity index (χ0n) is 8.32. The highest BCUT2D eigenvalue weighted by molar-refractivity contribution is 5.65. The zero-order chi connectivity index (χ0) is 12.1. The second kappa shape index (κ2) is 4.87. The van der Waals surface area contributed by atoms with E-state index in [0.29, 0.717) is 6.20 Å². The van der Waals surface area contributed by atoms with Crippen LogP contribution in [0.5, 0.6) is 5.75 Å². The van der Waals surface area contributed by atoms with Gasteiger partial charge in [0.05, 0.1) is 22.5 Å². The zero-order valence-corrected chi connectivity index (χ0v) is 8.32. The molecule has 1 rings (SSSR count). The number of nitro groups is 2. The van der Waals surface area contributed by atoms with E-state index in [1.807, 2.05) is 0 Å². The summed E-state index contributed by atoms with van der Waals surface area (Å²) in [5.41, 5.74) is -0.163. The molecular formula is C9H8N2O5. The summed E-state index contributed by atoms with van der Waals surface area (Å²) in [5.74, 6) is 0.0653. The molecule has 1 aromatic rings. The van der Waals surface area contributed by atoms with Gasteiger partial charge < -0.3 is 4.74 Å². The topological polar surface area (TPSA) is 95.5 Å². The van der Waals surface area contributed by atoms with Gasteiger partial charge in [0.15, 0.2) is 5.75 Å². The first kappa shape index (κ1) is 11.6. The van der Waals surface area contributed by atoms with Gasteiger partial charge in [0, 0.05) is 6.08 Å². The van der Waals surface area contributed by atoms with Crippen LogP contribution in [0.4, 0.5) is 5.69 Å². The first-order chi connectivity index (χ1) is 7.56. The standard InChI is InChI=1S/C9H8N2O5/c1-16-8-4-2-3-7(5-6-10(12)13)9(8)11(14)15/h2-6H,1H3/b6-5+. The molecule has 84 valence electrons. The van der Waals surface area contributed by atoms with Gasteiger partial charge in [0.2, 0.25) is 6.20 Å². The molecule has 0 aliphatic rings. The van der Waals surface area contributed by atoms with E-state index in [2.05, 4.69) is 0 Å². The molecule has 0 amide bonds. The molecule has 0 aliphatic heterocycles. The SMILES string of the molecule is COc1cccc(/C=C/[N+](=O)[O-])c1[N+](=O)[O-]. The molecule has 0 radical (unpaired) electrons.